The first-order valence-corrected chi connectivity index (χ1v) is 6.88. The van der Waals surface area contributed by atoms with Gasteiger partial charge in [0.15, 0.2) is 16.0 Å². The van der Waals surface area contributed by atoms with Gasteiger partial charge in [-0.1, -0.05) is 17.7 Å². The number of sulfone groups is 1. The molecule has 0 radical (unpaired) electrons. The third-order valence-corrected chi connectivity index (χ3v) is 4.68. The standard InChI is InChI=1S/C10H10ClFO3S/c1-16(14,15)10(13)8-3-2-7(11)4-6(8)5-9(10)12/h2-4,9,13H,5H2,1H3. The molecule has 1 aromatic rings. The second kappa shape index (κ2) is 3.42. The summed E-state index contributed by atoms with van der Waals surface area (Å²) in [5.74, 6) is 0. The maximum absolute atomic E-state index is 13.7. The first-order valence-electron chi connectivity index (χ1n) is 4.62. The number of hydrogen-bond acceptors (Lipinski definition) is 3. The highest BCUT2D eigenvalue weighted by Crippen LogP contribution is 2.43. The fourth-order valence-electron chi connectivity index (χ4n) is 2.01. The minimum atomic E-state index is -3.94. The highest BCUT2D eigenvalue weighted by Gasteiger charge is 2.54. The lowest BCUT2D eigenvalue weighted by Gasteiger charge is -2.24. The Bertz CT molecular complexity index is 543. The zero-order valence-corrected chi connectivity index (χ0v) is 10.0. The van der Waals surface area contributed by atoms with Crippen molar-refractivity contribution in [2.24, 2.45) is 0 Å². The molecule has 1 N–H and O–H groups in total. The van der Waals surface area contributed by atoms with E-state index in [1.165, 1.54) is 18.2 Å². The molecule has 3 nitrogen and oxygen atoms in total. The first-order chi connectivity index (χ1) is 7.26. The van der Waals surface area contributed by atoms with Crippen molar-refractivity contribution in [3.05, 3.63) is 34.3 Å². The van der Waals surface area contributed by atoms with E-state index in [1.807, 2.05) is 0 Å². The Morgan fingerprint density at radius 2 is 2.19 bits per heavy atom. The van der Waals surface area contributed by atoms with Crippen molar-refractivity contribution < 1.29 is 17.9 Å². The molecule has 88 valence electrons. The van der Waals surface area contributed by atoms with Crippen LogP contribution < -0.4 is 0 Å². The Kier molecular flexibility index (Phi) is 2.53. The van der Waals surface area contributed by atoms with Crippen molar-refractivity contribution in [1.29, 1.82) is 0 Å². The van der Waals surface area contributed by atoms with E-state index in [2.05, 4.69) is 0 Å². The minimum Gasteiger partial charge on any atom is -0.369 e. The van der Waals surface area contributed by atoms with Crippen molar-refractivity contribution in [2.75, 3.05) is 6.26 Å². The summed E-state index contributed by atoms with van der Waals surface area (Å²) in [6.45, 7) is 0. The van der Waals surface area contributed by atoms with Gasteiger partial charge in [-0.15, -0.1) is 0 Å². The van der Waals surface area contributed by atoms with Crippen LogP contribution in [0, 0.1) is 0 Å². The molecule has 1 aliphatic carbocycles. The fourth-order valence-corrected chi connectivity index (χ4v) is 3.35. The van der Waals surface area contributed by atoms with Crippen molar-refractivity contribution in [2.45, 2.75) is 17.5 Å². The van der Waals surface area contributed by atoms with E-state index in [0.29, 0.717) is 10.6 Å². The van der Waals surface area contributed by atoms with E-state index in [4.69, 9.17) is 11.6 Å². The molecule has 2 rings (SSSR count). The summed E-state index contributed by atoms with van der Waals surface area (Å²) in [6, 6.07) is 4.28. The zero-order valence-electron chi connectivity index (χ0n) is 8.44. The molecule has 0 saturated carbocycles. The van der Waals surface area contributed by atoms with Gasteiger partial charge in [0.25, 0.3) is 0 Å². The Labute approximate surface area is 97.8 Å². The average Bonchev–Trinajstić information content (AvgIpc) is 2.38. The molecule has 0 amide bonds. The number of benzene rings is 1. The fraction of sp³-hybridized carbons (Fsp3) is 0.400. The Morgan fingerprint density at radius 1 is 1.56 bits per heavy atom. The van der Waals surface area contributed by atoms with Gasteiger partial charge in [-0.05, 0) is 17.7 Å². The predicted molar refractivity (Wildman–Crippen MR) is 58.8 cm³/mol. The number of fused-ring (bicyclic) bond motifs is 1. The zero-order chi connectivity index (χ0) is 12.1. The Balaban J connectivity index is 2.70. The van der Waals surface area contributed by atoms with Crippen LogP contribution in [0.5, 0.6) is 0 Å². The number of alkyl halides is 1. The molecule has 0 bridgehead atoms. The highest BCUT2D eigenvalue weighted by molar-refractivity contribution is 7.91. The van der Waals surface area contributed by atoms with Gasteiger partial charge in [0.1, 0.15) is 0 Å². The van der Waals surface area contributed by atoms with E-state index in [-0.39, 0.29) is 12.0 Å². The van der Waals surface area contributed by atoms with Gasteiger partial charge in [0.2, 0.25) is 4.93 Å². The molecule has 2 atom stereocenters. The van der Waals surface area contributed by atoms with Crippen molar-refractivity contribution in [3.63, 3.8) is 0 Å². The summed E-state index contributed by atoms with van der Waals surface area (Å²) in [4.78, 5) is -2.44. The SMILES string of the molecule is CS(=O)(=O)C1(O)c2ccc(Cl)cc2CC1F. The normalized spacial score (nSPS) is 29.1. The Morgan fingerprint density at radius 3 is 2.75 bits per heavy atom. The minimum absolute atomic E-state index is 0.0897. The molecule has 0 heterocycles. The summed E-state index contributed by atoms with van der Waals surface area (Å²) >= 11 is 5.72. The summed E-state index contributed by atoms with van der Waals surface area (Å²) in [7, 11) is -3.94. The second-order valence-corrected chi connectivity index (χ2v) is 6.54. The second-order valence-electron chi connectivity index (χ2n) is 3.94. The van der Waals surface area contributed by atoms with Crippen molar-refractivity contribution in [1.82, 2.24) is 0 Å². The Hall–Kier alpha value is -0.650. The summed E-state index contributed by atoms with van der Waals surface area (Å²) in [5.41, 5.74) is 0.528. The number of aliphatic hydroxyl groups is 1. The molecule has 0 spiro atoms. The summed E-state index contributed by atoms with van der Waals surface area (Å²) in [5, 5.41) is 10.4. The topological polar surface area (TPSA) is 54.4 Å². The average molecular weight is 265 g/mol. The van der Waals surface area contributed by atoms with Crippen LogP contribution in [-0.2, 0) is 21.2 Å². The van der Waals surface area contributed by atoms with Crippen LogP contribution in [0.1, 0.15) is 11.1 Å². The summed E-state index contributed by atoms with van der Waals surface area (Å²) < 4.78 is 36.7. The highest BCUT2D eigenvalue weighted by atomic mass is 35.5. The van der Waals surface area contributed by atoms with E-state index in [9.17, 15) is 17.9 Å². The first kappa shape index (κ1) is 11.8. The van der Waals surface area contributed by atoms with E-state index < -0.39 is 20.9 Å². The molecule has 0 saturated heterocycles. The predicted octanol–water partition coefficient (Wildman–Crippen LogP) is 1.42. The lowest BCUT2D eigenvalue weighted by Crippen LogP contribution is -2.40. The molecule has 6 heteroatoms. The van der Waals surface area contributed by atoms with Crippen LogP contribution in [-0.4, -0.2) is 26.0 Å². The maximum Gasteiger partial charge on any atom is 0.223 e. The van der Waals surface area contributed by atoms with E-state index in [1.54, 1.807) is 0 Å². The molecular formula is C10H10ClFO3S. The van der Waals surface area contributed by atoms with Crippen molar-refractivity contribution >= 4 is 21.4 Å². The quantitative estimate of drug-likeness (QED) is 0.835. The third kappa shape index (κ3) is 1.46. The van der Waals surface area contributed by atoms with Crippen LogP contribution in [0.15, 0.2) is 18.2 Å². The molecule has 1 aliphatic rings. The lowest BCUT2D eigenvalue weighted by atomic mass is 10.1. The molecule has 0 aromatic heterocycles. The number of hydrogen-bond donors (Lipinski definition) is 1. The number of rotatable bonds is 1. The van der Waals surface area contributed by atoms with Gasteiger partial charge in [-0.2, -0.15) is 0 Å². The van der Waals surface area contributed by atoms with Crippen LogP contribution in [0.4, 0.5) is 4.39 Å². The van der Waals surface area contributed by atoms with Gasteiger partial charge >= 0.3 is 0 Å². The third-order valence-electron chi connectivity index (χ3n) is 2.84. The van der Waals surface area contributed by atoms with Crippen LogP contribution in [0.2, 0.25) is 5.02 Å². The molecule has 0 aliphatic heterocycles. The van der Waals surface area contributed by atoms with Crippen molar-refractivity contribution in [3.8, 4) is 0 Å². The smallest absolute Gasteiger partial charge is 0.223 e. The van der Waals surface area contributed by atoms with Crippen LogP contribution in [0.3, 0.4) is 0 Å². The molecular weight excluding hydrogens is 255 g/mol. The van der Waals surface area contributed by atoms with Crippen LogP contribution >= 0.6 is 11.6 Å². The maximum atomic E-state index is 13.7. The molecule has 2 unspecified atom stereocenters. The molecule has 16 heavy (non-hydrogen) atoms. The van der Waals surface area contributed by atoms with Gasteiger partial charge in [-0.25, -0.2) is 12.8 Å². The summed E-state index contributed by atoms with van der Waals surface area (Å²) in [6.07, 6.45) is -1.17. The van der Waals surface area contributed by atoms with Gasteiger partial charge in [-0.3, -0.25) is 0 Å². The van der Waals surface area contributed by atoms with Gasteiger partial charge < -0.3 is 5.11 Å². The lowest BCUT2D eigenvalue weighted by molar-refractivity contribution is 0.0483. The number of halogens is 2. The van der Waals surface area contributed by atoms with E-state index >= 15 is 0 Å². The largest absolute Gasteiger partial charge is 0.369 e. The monoisotopic (exact) mass is 264 g/mol. The van der Waals surface area contributed by atoms with Gasteiger partial charge in [0, 0.05) is 23.3 Å². The molecule has 0 fully saturated rings. The van der Waals surface area contributed by atoms with E-state index in [0.717, 1.165) is 6.26 Å². The molecule has 1 aromatic carbocycles. The van der Waals surface area contributed by atoms with Crippen LogP contribution in [0.25, 0.3) is 0 Å². The van der Waals surface area contributed by atoms with Gasteiger partial charge in [0.05, 0.1) is 0 Å².